The second kappa shape index (κ2) is 11.6. The van der Waals surface area contributed by atoms with E-state index < -0.39 is 41.1 Å². The Labute approximate surface area is 216 Å². The minimum atomic E-state index is -1.10. The molecule has 3 rings (SSSR count). The summed E-state index contributed by atoms with van der Waals surface area (Å²) in [7, 11) is 0. The van der Waals surface area contributed by atoms with Gasteiger partial charge in [0.15, 0.2) is 0 Å². The predicted octanol–water partition coefficient (Wildman–Crippen LogP) is 3.32. The lowest BCUT2D eigenvalue weighted by Crippen LogP contribution is -2.60. The Bertz CT molecular complexity index is 833. The number of nitrogens with zero attached hydrogens (tertiary/aromatic N) is 2. The Morgan fingerprint density at radius 3 is 2.56 bits per heavy atom. The molecule has 8 heteroatoms. The van der Waals surface area contributed by atoms with Gasteiger partial charge in [0.2, 0.25) is 11.8 Å². The fourth-order valence-electron chi connectivity index (χ4n) is 6.87. The summed E-state index contributed by atoms with van der Waals surface area (Å²) in [6, 6.07) is -1.43. The molecule has 0 aliphatic carbocycles. The summed E-state index contributed by atoms with van der Waals surface area (Å²) < 4.78 is 12.2. The Morgan fingerprint density at radius 1 is 1.28 bits per heavy atom. The van der Waals surface area contributed by atoms with Gasteiger partial charge in [-0.2, -0.15) is 0 Å². The van der Waals surface area contributed by atoms with Crippen molar-refractivity contribution >= 4 is 17.8 Å². The van der Waals surface area contributed by atoms with E-state index >= 15 is 0 Å². The zero-order valence-electron chi connectivity index (χ0n) is 22.8. The molecule has 2 unspecified atom stereocenters. The molecule has 204 valence electrons. The van der Waals surface area contributed by atoms with Gasteiger partial charge in [0.1, 0.15) is 17.6 Å². The van der Waals surface area contributed by atoms with Crippen LogP contribution >= 0.6 is 0 Å². The van der Waals surface area contributed by atoms with E-state index in [4.69, 9.17) is 9.47 Å². The van der Waals surface area contributed by atoms with E-state index in [-0.39, 0.29) is 30.9 Å². The van der Waals surface area contributed by atoms with Crippen molar-refractivity contribution in [2.24, 2.45) is 17.8 Å². The topological polar surface area (TPSA) is 96.4 Å². The number of esters is 1. The van der Waals surface area contributed by atoms with Crippen LogP contribution < -0.4 is 0 Å². The number of rotatable bonds is 14. The largest absolute Gasteiger partial charge is 0.466 e. The highest BCUT2D eigenvalue weighted by Gasteiger charge is 2.79. The molecule has 3 aliphatic heterocycles. The molecule has 1 N–H and O–H groups in total. The van der Waals surface area contributed by atoms with E-state index in [1.807, 2.05) is 20.8 Å². The van der Waals surface area contributed by atoms with Crippen LogP contribution in [0.15, 0.2) is 12.7 Å². The maximum atomic E-state index is 14.3. The van der Waals surface area contributed by atoms with Crippen LogP contribution in [-0.2, 0) is 23.9 Å². The van der Waals surface area contributed by atoms with Crippen LogP contribution in [-0.4, -0.2) is 82.3 Å². The number of carbonyl (C=O) groups is 3. The molecule has 0 aromatic heterocycles. The highest BCUT2D eigenvalue weighted by Crippen LogP contribution is 2.65. The lowest BCUT2D eigenvalue weighted by atomic mass is 9.65. The summed E-state index contributed by atoms with van der Waals surface area (Å²) in [5.41, 5.74) is -1.92. The van der Waals surface area contributed by atoms with Gasteiger partial charge >= 0.3 is 5.97 Å². The first-order valence-electron chi connectivity index (χ1n) is 13.9. The molecule has 1 spiro atoms. The molecule has 0 aromatic carbocycles. The Kier molecular flexibility index (Phi) is 9.25. The molecule has 3 saturated heterocycles. The van der Waals surface area contributed by atoms with Crippen LogP contribution in [0.2, 0.25) is 0 Å². The first-order chi connectivity index (χ1) is 17.2. The van der Waals surface area contributed by atoms with E-state index in [1.165, 1.54) is 0 Å². The molecule has 3 fully saturated rings. The zero-order chi connectivity index (χ0) is 26.7. The normalized spacial score (nSPS) is 32.3. The van der Waals surface area contributed by atoms with E-state index in [1.54, 1.807) is 22.8 Å². The number of hydrogen-bond donors (Lipinski definition) is 1. The standard InChI is InChI=1S/C28H46N2O6/c1-7-12-13-17-29(16-8-2)25(33)23-28-15-14-27(10-4,36-28)22(26(34)35-11-5)21(28)24(32)30(23)20(18-31)19(6)9-3/h8,19-23,31H,2,7,9-18H2,1,3-6H3/t19-,20-,21-,22+,23?,27-,28?/m0/s1. The highest BCUT2D eigenvalue weighted by atomic mass is 16.6. The van der Waals surface area contributed by atoms with E-state index in [9.17, 15) is 19.5 Å². The Balaban J connectivity index is 2.13. The third-order valence-corrected chi connectivity index (χ3v) is 8.93. The van der Waals surface area contributed by atoms with Gasteiger partial charge in [-0.25, -0.2) is 0 Å². The second-order valence-electron chi connectivity index (χ2n) is 10.7. The third kappa shape index (κ3) is 4.49. The molecule has 0 aromatic rings. The molecule has 8 nitrogen and oxygen atoms in total. The van der Waals surface area contributed by atoms with Gasteiger partial charge in [0.25, 0.3) is 0 Å². The van der Waals surface area contributed by atoms with Gasteiger partial charge in [-0.15, -0.1) is 6.58 Å². The fraction of sp³-hybridized carbons (Fsp3) is 0.821. The van der Waals surface area contributed by atoms with Crippen molar-refractivity contribution < 1.29 is 29.0 Å². The lowest BCUT2D eigenvalue weighted by molar-refractivity contribution is -0.164. The van der Waals surface area contributed by atoms with Crippen molar-refractivity contribution in [1.82, 2.24) is 9.80 Å². The zero-order valence-corrected chi connectivity index (χ0v) is 22.8. The summed E-state index contributed by atoms with van der Waals surface area (Å²) >= 11 is 0. The number of unbranched alkanes of at least 4 members (excludes halogenated alkanes) is 2. The monoisotopic (exact) mass is 506 g/mol. The first kappa shape index (κ1) is 28.6. The number of aliphatic hydroxyl groups excluding tert-OH is 1. The van der Waals surface area contributed by atoms with Gasteiger partial charge in [-0.1, -0.05) is 53.0 Å². The van der Waals surface area contributed by atoms with Crippen LogP contribution in [0, 0.1) is 17.8 Å². The smallest absolute Gasteiger partial charge is 0.312 e. The highest BCUT2D eigenvalue weighted by molar-refractivity contribution is 5.98. The van der Waals surface area contributed by atoms with Crippen molar-refractivity contribution in [1.29, 1.82) is 0 Å². The minimum absolute atomic E-state index is 0.0317. The summed E-state index contributed by atoms with van der Waals surface area (Å²) in [5, 5.41) is 10.4. The van der Waals surface area contributed by atoms with E-state index in [2.05, 4.69) is 13.5 Å². The van der Waals surface area contributed by atoms with Crippen molar-refractivity contribution in [3.8, 4) is 0 Å². The average Bonchev–Trinajstić information content (AvgIpc) is 3.47. The number of ether oxygens (including phenoxy) is 2. The van der Waals surface area contributed by atoms with E-state index in [0.29, 0.717) is 32.4 Å². The number of carbonyl (C=O) groups excluding carboxylic acids is 3. The van der Waals surface area contributed by atoms with Crippen molar-refractivity contribution in [3.05, 3.63) is 12.7 Å². The second-order valence-corrected chi connectivity index (χ2v) is 10.7. The number of likely N-dealkylation sites (tertiary alicyclic amines) is 1. The molecule has 36 heavy (non-hydrogen) atoms. The molecule has 3 aliphatic rings. The van der Waals surface area contributed by atoms with Crippen LogP contribution in [0.5, 0.6) is 0 Å². The van der Waals surface area contributed by atoms with Gasteiger partial charge in [0, 0.05) is 13.1 Å². The summed E-state index contributed by atoms with van der Waals surface area (Å²) in [6.45, 7) is 14.6. The molecule has 2 amide bonds. The molecule has 7 atom stereocenters. The SMILES string of the molecule is C=CCN(CCCCC)C(=O)C1N([C@@H](CO)[C@@H](C)CC)C(=O)[C@@H]2[C@H](C(=O)OCC)[C@]3(CC)CCC12O3. The van der Waals surface area contributed by atoms with Crippen molar-refractivity contribution in [3.63, 3.8) is 0 Å². The van der Waals surface area contributed by atoms with Crippen LogP contribution in [0.4, 0.5) is 0 Å². The Morgan fingerprint density at radius 2 is 2.00 bits per heavy atom. The van der Waals surface area contributed by atoms with Gasteiger partial charge in [-0.05, 0) is 38.5 Å². The van der Waals surface area contributed by atoms with E-state index in [0.717, 1.165) is 25.7 Å². The number of aliphatic hydroxyl groups is 1. The molecular weight excluding hydrogens is 460 g/mol. The van der Waals surface area contributed by atoms with Gasteiger partial charge in [0.05, 0.1) is 30.8 Å². The Hall–Kier alpha value is -1.93. The summed E-state index contributed by atoms with van der Waals surface area (Å²) in [5.74, 6) is -2.46. The third-order valence-electron chi connectivity index (χ3n) is 8.93. The molecule has 2 bridgehead atoms. The van der Waals surface area contributed by atoms with Crippen LogP contribution in [0.25, 0.3) is 0 Å². The van der Waals surface area contributed by atoms with Crippen LogP contribution in [0.3, 0.4) is 0 Å². The van der Waals surface area contributed by atoms with Crippen molar-refractivity contribution in [2.75, 3.05) is 26.3 Å². The fourth-order valence-corrected chi connectivity index (χ4v) is 6.87. The minimum Gasteiger partial charge on any atom is -0.466 e. The number of hydrogen-bond acceptors (Lipinski definition) is 6. The van der Waals surface area contributed by atoms with Crippen molar-refractivity contribution in [2.45, 2.75) is 103 Å². The predicted molar refractivity (Wildman–Crippen MR) is 137 cm³/mol. The quantitative estimate of drug-likeness (QED) is 0.221. The average molecular weight is 507 g/mol. The van der Waals surface area contributed by atoms with Gasteiger partial charge < -0.3 is 24.4 Å². The summed E-state index contributed by atoms with van der Waals surface area (Å²) in [4.78, 5) is 45.2. The number of fused-ring (bicyclic) bond motifs is 1. The maximum Gasteiger partial charge on any atom is 0.312 e. The maximum absolute atomic E-state index is 14.3. The number of amides is 2. The molecule has 0 radical (unpaired) electrons. The molecular formula is C28H46N2O6. The lowest BCUT2D eigenvalue weighted by Gasteiger charge is -2.41. The first-order valence-corrected chi connectivity index (χ1v) is 13.9. The molecule has 3 heterocycles. The molecule has 0 saturated carbocycles. The summed E-state index contributed by atoms with van der Waals surface area (Å²) in [6.07, 6.45) is 7.00. The van der Waals surface area contributed by atoms with Gasteiger partial charge in [-0.3, -0.25) is 14.4 Å². The van der Waals surface area contributed by atoms with Crippen LogP contribution in [0.1, 0.15) is 79.6 Å².